The monoisotopic (exact) mass is 389 g/mol. The van der Waals surface area contributed by atoms with Gasteiger partial charge in [-0.15, -0.1) is 24.2 Å². The van der Waals surface area contributed by atoms with Crippen LogP contribution in [0.3, 0.4) is 0 Å². The summed E-state index contributed by atoms with van der Waals surface area (Å²) in [4.78, 5) is 26.9. The van der Waals surface area contributed by atoms with E-state index < -0.39 is 6.04 Å². The molecular formula is C16H21Cl2N3O2S. The van der Waals surface area contributed by atoms with E-state index in [-0.39, 0.29) is 30.3 Å². The minimum Gasteiger partial charge on any atom is -0.351 e. The first kappa shape index (κ1) is 19.4. The highest BCUT2D eigenvalue weighted by molar-refractivity contribution is 7.99. The molecule has 2 aliphatic heterocycles. The van der Waals surface area contributed by atoms with Gasteiger partial charge in [0.25, 0.3) is 5.91 Å². The molecule has 2 N–H and O–H groups in total. The lowest BCUT2D eigenvalue weighted by molar-refractivity contribution is -0.125. The lowest BCUT2D eigenvalue weighted by Gasteiger charge is -2.28. The molecule has 0 radical (unpaired) electrons. The van der Waals surface area contributed by atoms with Crippen molar-refractivity contribution in [1.82, 2.24) is 15.5 Å². The molecule has 0 aliphatic carbocycles. The van der Waals surface area contributed by atoms with Crippen molar-refractivity contribution in [3.8, 4) is 0 Å². The van der Waals surface area contributed by atoms with Crippen molar-refractivity contribution in [2.24, 2.45) is 0 Å². The summed E-state index contributed by atoms with van der Waals surface area (Å²) in [6.45, 7) is 1.86. The molecule has 0 saturated carbocycles. The molecule has 5 nitrogen and oxygen atoms in total. The molecule has 0 spiro atoms. The van der Waals surface area contributed by atoms with Gasteiger partial charge in [-0.3, -0.25) is 9.59 Å². The number of nitrogens with one attached hydrogen (secondary N) is 2. The lowest BCUT2D eigenvalue weighted by atomic mass is 10.1. The number of carbonyl (C=O) groups excluding carboxylic acids is 2. The van der Waals surface area contributed by atoms with Gasteiger partial charge in [0.1, 0.15) is 6.04 Å². The van der Waals surface area contributed by atoms with E-state index in [2.05, 4.69) is 10.6 Å². The molecule has 1 aromatic carbocycles. The SMILES string of the molecule is Cl.O=C(NC1CCNCC1)C1CSCN1C(=O)c1ccc(Cl)cc1. The molecule has 2 fully saturated rings. The predicted molar refractivity (Wildman–Crippen MR) is 100 cm³/mol. The first-order valence-corrected chi connectivity index (χ1v) is 9.34. The van der Waals surface area contributed by atoms with Crippen LogP contribution in [0.1, 0.15) is 23.2 Å². The highest BCUT2D eigenvalue weighted by atomic mass is 35.5. The van der Waals surface area contributed by atoms with E-state index >= 15 is 0 Å². The number of halogens is 2. The lowest BCUT2D eigenvalue weighted by Crippen LogP contribution is -2.51. The van der Waals surface area contributed by atoms with Crippen LogP contribution in [0.25, 0.3) is 0 Å². The zero-order chi connectivity index (χ0) is 16.2. The van der Waals surface area contributed by atoms with Crippen LogP contribution in [-0.2, 0) is 4.79 Å². The molecule has 1 atom stereocenters. The van der Waals surface area contributed by atoms with Crippen LogP contribution in [0.2, 0.25) is 5.02 Å². The van der Waals surface area contributed by atoms with Crippen molar-refractivity contribution in [2.75, 3.05) is 24.7 Å². The smallest absolute Gasteiger partial charge is 0.255 e. The van der Waals surface area contributed by atoms with Gasteiger partial charge in [-0.25, -0.2) is 0 Å². The first-order valence-electron chi connectivity index (χ1n) is 7.80. The Morgan fingerprint density at radius 3 is 2.54 bits per heavy atom. The van der Waals surface area contributed by atoms with Crippen molar-refractivity contribution in [3.05, 3.63) is 34.9 Å². The summed E-state index contributed by atoms with van der Waals surface area (Å²) in [6.07, 6.45) is 1.88. The largest absolute Gasteiger partial charge is 0.351 e. The van der Waals surface area contributed by atoms with Crippen LogP contribution in [0.4, 0.5) is 0 Å². The number of carbonyl (C=O) groups is 2. The molecule has 24 heavy (non-hydrogen) atoms. The van der Waals surface area contributed by atoms with Gasteiger partial charge in [0.05, 0.1) is 5.88 Å². The number of piperidine rings is 1. The number of amides is 2. The molecule has 8 heteroatoms. The number of rotatable bonds is 3. The van der Waals surface area contributed by atoms with Crippen LogP contribution in [0.5, 0.6) is 0 Å². The second-order valence-corrected chi connectivity index (χ2v) is 7.27. The summed E-state index contributed by atoms with van der Waals surface area (Å²) < 4.78 is 0. The highest BCUT2D eigenvalue weighted by Gasteiger charge is 2.35. The fraction of sp³-hybridized carbons (Fsp3) is 0.500. The van der Waals surface area contributed by atoms with Crippen LogP contribution >= 0.6 is 35.8 Å². The Labute approximate surface area is 157 Å². The van der Waals surface area contributed by atoms with Crippen LogP contribution in [0, 0.1) is 0 Å². The van der Waals surface area contributed by atoms with E-state index in [4.69, 9.17) is 11.6 Å². The Morgan fingerprint density at radius 2 is 1.88 bits per heavy atom. The standard InChI is InChI=1S/C16H20ClN3O2S.ClH/c17-12-3-1-11(2-4-12)16(22)20-10-23-9-14(20)15(21)19-13-5-7-18-8-6-13;/h1-4,13-14,18H,5-10H2,(H,19,21);1H. The van der Waals surface area contributed by atoms with E-state index in [9.17, 15) is 9.59 Å². The summed E-state index contributed by atoms with van der Waals surface area (Å²) in [5, 5.41) is 6.97. The minimum absolute atomic E-state index is 0. The van der Waals surface area contributed by atoms with E-state index in [1.54, 1.807) is 40.9 Å². The summed E-state index contributed by atoms with van der Waals surface area (Å²) in [7, 11) is 0. The summed E-state index contributed by atoms with van der Waals surface area (Å²) in [5.41, 5.74) is 0.566. The summed E-state index contributed by atoms with van der Waals surface area (Å²) in [6, 6.07) is 6.62. The van der Waals surface area contributed by atoms with Gasteiger partial charge < -0.3 is 15.5 Å². The van der Waals surface area contributed by atoms with Gasteiger partial charge in [-0.05, 0) is 50.2 Å². The Morgan fingerprint density at radius 1 is 1.21 bits per heavy atom. The number of hydrogen-bond acceptors (Lipinski definition) is 4. The van der Waals surface area contributed by atoms with Gasteiger partial charge in [0.2, 0.25) is 5.91 Å². The Bertz CT molecular complexity index is 579. The topological polar surface area (TPSA) is 61.4 Å². The number of thioether (sulfide) groups is 1. The molecule has 1 unspecified atom stereocenters. The normalized spacial score (nSPS) is 21.2. The molecule has 2 saturated heterocycles. The maximum atomic E-state index is 12.6. The fourth-order valence-electron chi connectivity index (χ4n) is 2.88. The zero-order valence-corrected chi connectivity index (χ0v) is 15.6. The molecule has 132 valence electrons. The number of nitrogens with zero attached hydrogens (tertiary/aromatic N) is 1. The molecule has 2 heterocycles. The molecule has 1 aromatic rings. The van der Waals surface area contributed by atoms with Crippen molar-refractivity contribution in [1.29, 1.82) is 0 Å². The maximum Gasteiger partial charge on any atom is 0.255 e. The van der Waals surface area contributed by atoms with Crippen LogP contribution in [-0.4, -0.2) is 53.5 Å². The number of hydrogen-bond donors (Lipinski definition) is 2. The zero-order valence-electron chi connectivity index (χ0n) is 13.2. The molecule has 0 aromatic heterocycles. The highest BCUT2D eigenvalue weighted by Crippen LogP contribution is 2.24. The van der Waals surface area contributed by atoms with Crippen molar-refractivity contribution < 1.29 is 9.59 Å². The second-order valence-electron chi connectivity index (χ2n) is 5.83. The third-order valence-electron chi connectivity index (χ3n) is 4.22. The average molecular weight is 390 g/mol. The molecule has 2 amide bonds. The number of benzene rings is 1. The van der Waals surface area contributed by atoms with E-state index in [1.165, 1.54) is 0 Å². The first-order chi connectivity index (χ1) is 11.1. The summed E-state index contributed by atoms with van der Waals surface area (Å²) in [5.74, 6) is 1.04. The van der Waals surface area contributed by atoms with E-state index in [0.29, 0.717) is 22.2 Å². The molecule has 2 aliphatic rings. The van der Waals surface area contributed by atoms with Gasteiger partial charge in [0.15, 0.2) is 0 Å². The molecular weight excluding hydrogens is 369 g/mol. The Kier molecular flexibility index (Phi) is 7.22. The van der Waals surface area contributed by atoms with Gasteiger partial charge in [0, 0.05) is 22.4 Å². The van der Waals surface area contributed by atoms with E-state index in [0.717, 1.165) is 25.9 Å². The van der Waals surface area contributed by atoms with Gasteiger partial charge in [-0.1, -0.05) is 11.6 Å². The van der Waals surface area contributed by atoms with E-state index in [1.807, 2.05) is 0 Å². The Balaban J connectivity index is 0.00000208. The summed E-state index contributed by atoms with van der Waals surface area (Å²) >= 11 is 7.48. The fourth-order valence-corrected chi connectivity index (χ4v) is 4.16. The van der Waals surface area contributed by atoms with Gasteiger partial charge >= 0.3 is 0 Å². The van der Waals surface area contributed by atoms with Crippen molar-refractivity contribution in [2.45, 2.75) is 24.9 Å². The molecule has 0 bridgehead atoms. The minimum atomic E-state index is -0.391. The third-order valence-corrected chi connectivity index (χ3v) is 5.49. The van der Waals surface area contributed by atoms with Crippen LogP contribution < -0.4 is 10.6 Å². The van der Waals surface area contributed by atoms with Crippen LogP contribution in [0.15, 0.2) is 24.3 Å². The van der Waals surface area contributed by atoms with Crippen molar-refractivity contribution >= 4 is 47.6 Å². The predicted octanol–water partition coefficient (Wildman–Crippen LogP) is 2.15. The third kappa shape index (κ3) is 4.57. The Hall–Kier alpha value is -0.950. The quantitative estimate of drug-likeness (QED) is 0.831. The van der Waals surface area contributed by atoms with Crippen molar-refractivity contribution in [3.63, 3.8) is 0 Å². The molecule has 3 rings (SSSR count). The van der Waals surface area contributed by atoms with Gasteiger partial charge in [-0.2, -0.15) is 0 Å². The maximum absolute atomic E-state index is 12.6. The second kappa shape index (κ2) is 8.94. The average Bonchev–Trinajstić information content (AvgIpc) is 3.05.